The number of nitrogens with zero attached hydrogens (tertiary/aromatic N) is 1. The number of anilines is 3. The van der Waals surface area contributed by atoms with E-state index in [1.165, 1.54) is 65.7 Å². The zero-order valence-corrected chi connectivity index (χ0v) is 31.0. The summed E-state index contributed by atoms with van der Waals surface area (Å²) in [4.78, 5) is 2.33. The van der Waals surface area contributed by atoms with Crippen LogP contribution in [0.25, 0.3) is 54.6 Å². The second-order valence-corrected chi connectivity index (χ2v) is 13.1. The Kier molecular flexibility index (Phi) is 10.7. The molecular weight excluding hydrogens is 639 g/mol. The largest absolute Gasteiger partial charge is 0.310 e. The fourth-order valence-corrected chi connectivity index (χ4v) is 6.99. The van der Waals surface area contributed by atoms with Crippen LogP contribution in [0.4, 0.5) is 17.1 Å². The lowest BCUT2D eigenvalue weighted by Gasteiger charge is -2.26. The molecular formula is C52H45N. The number of benzene rings is 9. The van der Waals surface area contributed by atoms with Crippen molar-refractivity contribution in [1.82, 2.24) is 0 Å². The standard InChI is InChI=1S/C35H27N.C15H12.C2H6/c1-26-11-13-29(14-12-26)31-17-22-34(23-18-31)36(35-24-19-28-9-5-6-10-32(28)25-35)33-20-15-30(16-21-33)27-7-3-2-4-8-27;1-11-14-8-4-2-6-12(14)10-13-7-3-5-9-15(11)13;1-2/h2-25H,1H3;2-10H,1H3;1-2H3. The van der Waals surface area contributed by atoms with Gasteiger partial charge >= 0.3 is 0 Å². The van der Waals surface area contributed by atoms with E-state index in [4.69, 9.17) is 0 Å². The number of hydrogen-bond acceptors (Lipinski definition) is 1. The Morgan fingerprint density at radius 1 is 0.302 bits per heavy atom. The average Bonchev–Trinajstić information content (AvgIpc) is 3.23. The van der Waals surface area contributed by atoms with Crippen molar-refractivity contribution in [3.63, 3.8) is 0 Å². The molecule has 1 nitrogen and oxygen atoms in total. The van der Waals surface area contributed by atoms with Gasteiger partial charge in [0.05, 0.1) is 0 Å². The molecule has 0 bridgehead atoms. The van der Waals surface area contributed by atoms with Crippen LogP contribution in [0.1, 0.15) is 25.0 Å². The van der Waals surface area contributed by atoms with Crippen LogP contribution in [-0.2, 0) is 0 Å². The third-order valence-electron chi connectivity index (χ3n) is 9.77. The van der Waals surface area contributed by atoms with Crippen LogP contribution < -0.4 is 4.90 Å². The molecule has 0 atom stereocenters. The van der Waals surface area contributed by atoms with Crippen LogP contribution in [0.15, 0.2) is 200 Å². The van der Waals surface area contributed by atoms with E-state index in [-0.39, 0.29) is 0 Å². The number of aryl methyl sites for hydroxylation is 2. The van der Waals surface area contributed by atoms with Gasteiger partial charge in [0.15, 0.2) is 0 Å². The van der Waals surface area contributed by atoms with Crippen molar-refractivity contribution >= 4 is 49.4 Å². The quantitative estimate of drug-likeness (QED) is 0.163. The van der Waals surface area contributed by atoms with Gasteiger partial charge < -0.3 is 4.90 Å². The predicted octanol–water partition coefficient (Wildman–Crippen LogP) is 15.3. The van der Waals surface area contributed by atoms with Gasteiger partial charge in [-0.25, -0.2) is 0 Å². The monoisotopic (exact) mass is 683 g/mol. The maximum absolute atomic E-state index is 2.33. The maximum atomic E-state index is 2.33. The lowest BCUT2D eigenvalue weighted by molar-refractivity contribution is 1.29. The Morgan fingerprint density at radius 2 is 0.698 bits per heavy atom. The molecule has 0 N–H and O–H groups in total. The summed E-state index contributed by atoms with van der Waals surface area (Å²) >= 11 is 0. The summed E-state index contributed by atoms with van der Waals surface area (Å²) in [5, 5.41) is 7.85. The minimum Gasteiger partial charge on any atom is -0.310 e. The molecule has 0 unspecified atom stereocenters. The highest BCUT2D eigenvalue weighted by Gasteiger charge is 2.14. The second kappa shape index (κ2) is 16.3. The minimum absolute atomic E-state index is 1.13. The van der Waals surface area contributed by atoms with Gasteiger partial charge in [0.25, 0.3) is 0 Å². The van der Waals surface area contributed by atoms with Gasteiger partial charge in [-0.2, -0.15) is 0 Å². The van der Waals surface area contributed by atoms with Gasteiger partial charge in [0, 0.05) is 17.1 Å². The molecule has 0 aliphatic rings. The van der Waals surface area contributed by atoms with Crippen molar-refractivity contribution < 1.29 is 0 Å². The third kappa shape index (κ3) is 7.76. The second-order valence-electron chi connectivity index (χ2n) is 13.1. The van der Waals surface area contributed by atoms with Crippen molar-refractivity contribution in [2.75, 3.05) is 4.90 Å². The van der Waals surface area contributed by atoms with Crippen LogP contribution in [0, 0.1) is 13.8 Å². The molecule has 0 heterocycles. The molecule has 0 fully saturated rings. The van der Waals surface area contributed by atoms with E-state index in [2.05, 4.69) is 219 Å². The van der Waals surface area contributed by atoms with Gasteiger partial charge in [-0.1, -0.05) is 177 Å². The van der Waals surface area contributed by atoms with Crippen molar-refractivity contribution in [1.29, 1.82) is 0 Å². The van der Waals surface area contributed by atoms with Gasteiger partial charge in [0.1, 0.15) is 0 Å². The van der Waals surface area contributed by atoms with Gasteiger partial charge in [-0.3, -0.25) is 0 Å². The fraction of sp³-hybridized carbons (Fsp3) is 0.0769. The molecule has 0 aliphatic heterocycles. The molecule has 0 aliphatic carbocycles. The van der Waals surface area contributed by atoms with E-state index in [9.17, 15) is 0 Å². The molecule has 0 saturated heterocycles. The van der Waals surface area contributed by atoms with Crippen LogP contribution in [0.2, 0.25) is 0 Å². The van der Waals surface area contributed by atoms with Crippen LogP contribution >= 0.6 is 0 Å². The molecule has 0 radical (unpaired) electrons. The Hall–Kier alpha value is -6.44. The molecule has 1 heteroatoms. The molecule has 9 rings (SSSR count). The number of fused-ring (bicyclic) bond motifs is 3. The van der Waals surface area contributed by atoms with Crippen molar-refractivity contribution in [3.05, 3.63) is 211 Å². The Bertz CT molecular complexity index is 2510. The van der Waals surface area contributed by atoms with E-state index in [1.807, 2.05) is 13.8 Å². The van der Waals surface area contributed by atoms with Crippen LogP contribution in [-0.4, -0.2) is 0 Å². The first-order valence-corrected chi connectivity index (χ1v) is 18.6. The molecule has 0 saturated carbocycles. The van der Waals surface area contributed by atoms with Gasteiger partial charge in [-0.15, -0.1) is 0 Å². The van der Waals surface area contributed by atoms with Crippen molar-refractivity contribution in [3.8, 4) is 22.3 Å². The SMILES string of the molecule is CC.Cc1c2ccccc2cc2ccccc12.Cc1ccc(-c2ccc(N(c3ccc(-c4ccccc4)cc3)c3ccc4ccccc4c3)cc2)cc1. The lowest BCUT2D eigenvalue weighted by atomic mass is 9.98. The predicted molar refractivity (Wildman–Crippen MR) is 232 cm³/mol. The highest BCUT2D eigenvalue weighted by molar-refractivity contribution is 6.02. The fourth-order valence-electron chi connectivity index (χ4n) is 6.99. The van der Waals surface area contributed by atoms with E-state index >= 15 is 0 Å². The van der Waals surface area contributed by atoms with E-state index in [0.29, 0.717) is 0 Å². The first kappa shape index (κ1) is 35.0. The average molecular weight is 684 g/mol. The van der Waals surface area contributed by atoms with Gasteiger partial charge in [-0.05, 0) is 116 Å². The first-order valence-electron chi connectivity index (χ1n) is 18.6. The van der Waals surface area contributed by atoms with Crippen molar-refractivity contribution in [2.45, 2.75) is 27.7 Å². The summed E-state index contributed by atoms with van der Waals surface area (Å²) in [5.41, 5.74) is 11.0. The number of hydrogen-bond donors (Lipinski definition) is 0. The summed E-state index contributed by atoms with van der Waals surface area (Å²) in [6, 6.07) is 71.5. The molecule has 9 aromatic carbocycles. The molecule has 9 aromatic rings. The summed E-state index contributed by atoms with van der Waals surface area (Å²) in [5.74, 6) is 0. The van der Waals surface area contributed by atoms with E-state index in [1.54, 1.807) is 0 Å². The summed E-state index contributed by atoms with van der Waals surface area (Å²) in [7, 11) is 0. The van der Waals surface area contributed by atoms with Crippen molar-refractivity contribution in [2.24, 2.45) is 0 Å². The Morgan fingerprint density at radius 3 is 1.23 bits per heavy atom. The molecule has 0 aromatic heterocycles. The molecule has 0 amide bonds. The highest BCUT2D eigenvalue weighted by atomic mass is 15.1. The third-order valence-corrected chi connectivity index (χ3v) is 9.77. The Balaban J connectivity index is 0.000000212. The summed E-state index contributed by atoms with van der Waals surface area (Å²) in [6.45, 7) is 8.32. The first-order chi connectivity index (χ1) is 26.1. The van der Waals surface area contributed by atoms with E-state index < -0.39 is 0 Å². The highest BCUT2D eigenvalue weighted by Crippen LogP contribution is 2.38. The number of rotatable bonds is 5. The summed E-state index contributed by atoms with van der Waals surface area (Å²) < 4.78 is 0. The smallest absolute Gasteiger partial charge is 0.0468 e. The normalized spacial score (nSPS) is 10.6. The zero-order chi connectivity index (χ0) is 36.6. The lowest BCUT2D eigenvalue weighted by Crippen LogP contribution is -2.09. The molecule has 0 spiro atoms. The summed E-state index contributed by atoms with van der Waals surface area (Å²) in [6.07, 6.45) is 0. The maximum Gasteiger partial charge on any atom is 0.0468 e. The van der Waals surface area contributed by atoms with E-state index in [0.717, 1.165) is 17.1 Å². The molecule has 53 heavy (non-hydrogen) atoms. The molecule has 258 valence electrons. The van der Waals surface area contributed by atoms with Gasteiger partial charge in [0.2, 0.25) is 0 Å². The topological polar surface area (TPSA) is 3.24 Å². The van der Waals surface area contributed by atoms with Crippen LogP contribution in [0.3, 0.4) is 0 Å². The Labute approximate surface area is 314 Å². The zero-order valence-electron chi connectivity index (χ0n) is 31.0. The minimum atomic E-state index is 1.13. The van der Waals surface area contributed by atoms with Crippen LogP contribution in [0.5, 0.6) is 0 Å².